The van der Waals surface area contributed by atoms with Gasteiger partial charge in [0.2, 0.25) is 0 Å². The van der Waals surface area contributed by atoms with Crippen molar-refractivity contribution in [1.82, 2.24) is 24.8 Å². The lowest BCUT2D eigenvalue weighted by molar-refractivity contribution is -0.145. The van der Waals surface area contributed by atoms with Gasteiger partial charge < -0.3 is 9.72 Å². The van der Waals surface area contributed by atoms with Crippen LogP contribution in [0.1, 0.15) is 18.2 Å². The molecule has 7 heteroatoms. The number of benzene rings is 1. The maximum atomic E-state index is 11.1. The lowest BCUT2D eigenvalue weighted by Crippen LogP contribution is -2.22. The first-order chi connectivity index (χ1) is 17.5. The highest BCUT2D eigenvalue weighted by molar-refractivity contribution is 5.95. The molecule has 5 rings (SSSR count). The minimum absolute atomic E-state index is 0.253. The number of nitrogens with zero attached hydrogens (tertiary/aromatic N) is 4. The second-order valence-electron chi connectivity index (χ2n) is 8.90. The van der Waals surface area contributed by atoms with Gasteiger partial charge in [-0.15, -0.1) is 0 Å². The molecular formula is C29H27N5O2. The summed E-state index contributed by atoms with van der Waals surface area (Å²) in [6, 6.07) is 20.6. The SMILES string of the molecule is CC(=O)OCN(C)Cc1cccc(-c2cncc(-c3cc(-c4cccc(C)n4)nc4[nH]ccc34)c2)c1. The number of ether oxygens (including phenoxy) is 1. The number of carbonyl (C=O) groups excluding carboxylic acids is 1. The van der Waals surface area contributed by atoms with Crippen LogP contribution in [0.15, 0.2) is 79.3 Å². The number of rotatable bonds is 7. The monoisotopic (exact) mass is 477 g/mol. The molecule has 1 aromatic carbocycles. The summed E-state index contributed by atoms with van der Waals surface area (Å²) in [5.41, 5.74) is 8.68. The first-order valence-electron chi connectivity index (χ1n) is 11.7. The summed E-state index contributed by atoms with van der Waals surface area (Å²) in [6.45, 7) is 4.31. The lowest BCUT2D eigenvalue weighted by Gasteiger charge is -2.16. The summed E-state index contributed by atoms with van der Waals surface area (Å²) in [4.78, 5) is 30.3. The van der Waals surface area contributed by atoms with Crippen molar-refractivity contribution in [2.24, 2.45) is 0 Å². The number of esters is 1. The Morgan fingerprint density at radius 1 is 0.944 bits per heavy atom. The quantitative estimate of drug-likeness (QED) is 0.242. The van der Waals surface area contributed by atoms with Crippen LogP contribution < -0.4 is 0 Å². The van der Waals surface area contributed by atoms with Gasteiger partial charge >= 0.3 is 5.97 Å². The molecule has 4 heterocycles. The minimum atomic E-state index is -0.285. The molecule has 0 radical (unpaired) electrons. The molecule has 0 saturated carbocycles. The van der Waals surface area contributed by atoms with Crippen LogP contribution in [0.5, 0.6) is 0 Å². The molecule has 0 aliphatic rings. The van der Waals surface area contributed by atoms with Crippen molar-refractivity contribution in [2.75, 3.05) is 13.8 Å². The molecule has 180 valence electrons. The number of hydrogen-bond acceptors (Lipinski definition) is 6. The lowest BCUT2D eigenvalue weighted by atomic mass is 9.98. The first kappa shape index (κ1) is 23.4. The molecule has 36 heavy (non-hydrogen) atoms. The van der Waals surface area contributed by atoms with E-state index in [1.54, 1.807) is 0 Å². The molecule has 0 saturated heterocycles. The number of aromatic nitrogens is 4. The average molecular weight is 478 g/mol. The molecule has 0 aliphatic carbocycles. The summed E-state index contributed by atoms with van der Waals surface area (Å²) in [5, 5.41) is 1.03. The van der Waals surface area contributed by atoms with E-state index in [2.05, 4.69) is 45.3 Å². The molecule has 0 amide bonds. The van der Waals surface area contributed by atoms with Gasteiger partial charge in [0.25, 0.3) is 0 Å². The molecular weight excluding hydrogens is 450 g/mol. The molecule has 4 aromatic heterocycles. The highest BCUT2D eigenvalue weighted by Gasteiger charge is 2.13. The zero-order valence-electron chi connectivity index (χ0n) is 20.5. The van der Waals surface area contributed by atoms with Crippen LogP contribution in [0.25, 0.3) is 44.7 Å². The van der Waals surface area contributed by atoms with Gasteiger partial charge in [-0.2, -0.15) is 0 Å². The molecule has 0 bridgehead atoms. The van der Waals surface area contributed by atoms with Crippen molar-refractivity contribution in [1.29, 1.82) is 0 Å². The fraction of sp³-hybridized carbons (Fsp3) is 0.172. The normalized spacial score (nSPS) is 11.2. The summed E-state index contributed by atoms with van der Waals surface area (Å²) in [5.74, 6) is -0.285. The molecule has 0 fully saturated rings. The molecule has 7 nitrogen and oxygen atoms in total. The zero-order valence-corrected chi connectivity index (χ0v) is 20.5. The van der Waals surface area contributed by atoms with Crippen LogP contribution in [-0.2, 0) is 16.1 Å². The van der Waals surface area contributed by atoms with Gasteiger partial charge in [-0.3, -0.25) is 19.7 Å². The van der Waals surface area contributed by atoms with Gasteiger partial charge in [0.15, 0.2) is 0 Å². The third-order valence-corrected chi connectivity index (χ3v) is 5.93. The Balaban J connectivity index is 1.49. The molecule has 0 atom stereocenters. The molecule has 1 N–H and O–H groups in total. The second kappa shape index (κ2) is 10.1. The highest BCUT2D eigenvalue weighted by atomic mass is 16.5. The minimum Gasteiger partial charge on any atom is -0.450 e. The average Bonchev–Trinajstić information content (AvgIpc) is 3.36. The number of nitrogens with one attached hydrogen (secondary N) is 1. The Bertz CT molecular complexity index is 1540. The number of aromatic amines is 1. The van der Waals surface area contributed by atoms with E-state index < -0.39 is 0 Å². The van der Waals surface area contributed by atoms with Crippen LogP contribution in [0.3, 0.4) is 0 Å². The van der Waals surface area contributed by atoms with E-state index in [4.69, 9.17) is 9.72 Å². The van der Waals surface area contributed by atoms with E-state index in [9.17, 15) is 4.79 Å². The maximum absolute atomic E-state index is 11.1. The zero-order chi connectivity index (χ0) is 25.1. The summed E-state index contributed by atoms with van der Waals surface area (Å²) < 4.78 is 5.10. The summed E-state index contributed by atoms with van der Waals surface area (Å²) in [7, 11) is 1.92. The van der Waals surface area contributed by atoms with Gasteiger partial charge in [0, 0.05) is 54.3 Å². The van der Waals surface area contributed by atoms with Crippen molar-refractivity contribution in [3.05, 3.63) is 90.5 Å². The van der Waals surface area contributed by atoms with Gasteiger partial charge in [0.05, 0.1) is 11.4 Å². The number of fused-ring (bicyclic) bond motifs is 1. The van der Waals surface area contributed by atoms with E-state index in [0.717, 1.165) is 55.9 Å². The third-order valence-electron chi connectivity index (χ3n) is 5.93. The highest BCUT2D eigenvalue weighted by Crippen LogP contribution is 2.33. The van der Waals surface area contributed by atoms with Crippen molar-refractivity contribution < 1.29 is 9.53 Å². The Morgan fingerprint density at radius 2 is 1.78 bits per heavy atom. The van der Waals surface area contributed by atoms with Gasteiger partial charge in [0.1, 0.15) is 12.4 Å². The molecule has 5 aromatic rings. The van der Waals surface area contributed by atoms with Crippen LogP contribution in [0.4, 0.5) is 0 Å². The standard InChI is InChI=1S/C29H27N5O2/c1-19-6-4-9-27(32-19)28-14-26(25-10-11-31-29(25)33-28)24-13-23(15-30-16-24)22-8-5-7-21(12-22)17-34(3)18-36-20(2)35/h4-16H,17-18H2,1-3H3,(H,31,33). The Morgan fingerprint density at radius 3 is 2.61 bits per heavy atom. The van der Waals surface area contributed by atoms with Crippen LogP contribution >= 0.6 is 0 Å². The number of pyridine rings is 3. The Kier molecular flexibility index (Phi) is 6.56. The summed E-state index contributed by atoms with van der Waals surface area (Å²) >= 11 is 0. The van der Waals surface area contributed by atoms with Crippen molar-refractivity contribution in [3.8, 4) is 33.6 Å². The molecule has 0 aliphatic heterocycles. The second-order valence-corrected chi connectivity index (χ2v) is 8.90. The van der Waals surface area contributed by atoms with E-state index >= 15 is 0 Å². The smallest absolute Gasteiger partial charge is 0.303 e. The number of hydrogen-bond donors (Lipinski definition) is 1. The van der Waals surface area contributed by atoms with E-state index in [0.29, 0.717) is 6.54 Å². The van der Waals surface area contributed by atoms with Crippen molar-refractivity contribution in [2.45, 2.75) is 20.4 Å². The van der Waals surface area contributed by atoms with Crippen LogP contribution in [0.2, 0.25) is 0 Å². The van der Waals surface area contributed by atoms with Crippen molar-refractivity contribution in [3.63, 3.8) is 0 Å². The van der Waals surface area contributed by atoms with E-state index in [1.807, 2.05) is 67.8 Å². The van der Waals surface area contributed by atoms with E-state index in [-0.39, 0.29) is 12.7 Å². The Labute approximate surface area is 209 Å². The van der Waals surface area contributed by atoms with Gasteiger partial charge in [-0.25, -0.2) is 4.98 Å². The van der Waals surface area contributed by atoms with Gasteiger partial charge in [-0.1, -0.05) is 24.3 Å². The number of aryl methyl sites for hydroxylation is 1. The first-order valence-corrected chi connectivity index (χ1v) is 11.7. The fourth-order valence-corrected chi connectivity index (χ4v) is 4.25. The van der Waals surface area contributed by atoms with E-state index in [1.165, 1.54) is 6.92 Å². The predicted octanol–water partition coefficient (Wildman–Crippen LogP) is 5.61. The number of H-pyrrole nitrogens is 1. The predicted molar refractivity (Wildman–Crippen MR) is 141 cm³/mol. The van der Waals surface area contributed by atoms with Crippen molar-refractivity contribution >= 4 is 17.0 Å². The van der Waals surface area contributed by atoms with Crippen LogP contribution in [0, 0.1) is 6.92 Å². The van der Waals surface area contributed by atoms with Crippen LogP contribution in [-0.4, -0.2) is 44.6 Å². The Hall–Kier alpha value is -4.36. The van der Waals surface area contributed by atoms with Gasteiger partial charge in [-0.05, 0) is 67.1 Å². The number of carbonyl (C=O) groups is 1. The fourth-order valence-electron chi connectivity index (χ4n) is 4.25. The molecule has 0 unspecified atom stereocenters. The largest absolute Gasteiger partial charge is 0.450 e. The topological polar surface area (TPSA) is 84.0 Å². The molecule has 0 spiro atoms. The summed E-state index contributed by atoms with van der Waals surface area (Å²) in [6.07, 6.45) is 5.67. The maximum Gasteiger partial charge on any atom is 0.303 e. The third kappa shape index (κ3) is 5.16.